The molecule has 39 nitrogen and oxygen atoms in total. The van der Waals surface area contributed by atoms with Crippen molar-refractivity contribution < 1.29 is 124 Å². The third-order valence-corrected chi connectivity index (χ3v) is 20.1. The van der Waals surface area contributed by atoms with Crippen LogP contribution in [0.3, 0.4) is 0 Å². The molecule has 3 aromatic carbocycles. The Morgan fingerprint density at radius 1 is 0.713 bits per heavy atom. The second-order valence-electron chi connectivity index (χ2n) is 28.4. The van der Waals surface area contributed by atoms with Gasteiger partial charge < -0.3 is 105 Å². The molecule has 2 fully saturated rings. The largest absolute Gasteiger partial charge is 1.00 e. The Kier molecular flexibility index (Phi) is 37.1. The second kappa shape index (κ2) is 44.9. The Morgan fingerprint density at radius 3 is 1.95 bits per heavy atom. The van der Waals surface area contributed by atoms with Gasteiger partial charge in [-0.15, -0.1) is 0 Å². The third kappa shape index (κ3) is 29.3. The van der Waals surface area contributed by atoms with Crippen molar-refractivity contribution in [2.45, 2.75) is 184 Å². The van der Waals surface area contributed by atoms with E-state index in [0.29, 0.717) is 45.3 Å². The predicted octanol–water partition coefficient (Wildman–Crippen LogP) is -7.40. The van der Waals surface area contributed by atoms with E-state index in [1.807, 2.05) is 0 Å². The van der Waals surface area contributed by atoms with Crippen molar-refractivity contribution in [2.24, 2.45) is 29.0 Å². The molecule has 3 heterocycles. The summed E-state index contributed by atoms with van der Waals surface area (Å²) in [6.45, 7) is 7.82. The molecule has 1 aromatic heterocycles. The summed E-state index contributed by atoms with van der Waals surface area (Å²) in [5, 5.41) is 37.9. The van der Waals surface area contributed by atoms with Crippen molar-refractivity contribution in [3.05, 3.63) is 106 Å². The third-order valence-electron chi connectivity index (χ3n) is 18.8. The van der Waals surface area contributed by atoms with Crippen molar-refractivity contribution in [1.29, 1.82) is 5.41 Å². The number of para-hydroxylation sites is 1. The summed E-state index contributed by atoms with van der Waals surface area (Å²) in [5.74, 6) is -20.1. The standard InChI is InChI=1S/C73H100BrN19O20S.Na/c1-37(2)58(90-69(106)59(38(3)4)89-67(104)54-20-14-28-93(54)70(107)50(87-61(98)39(5)82-36-94)30-42-21-23-44(74)24-22-42)68(105)86-49(31-43-33-80-46-18-12-11-17-45(43)46)64(101)84-47(19-13-27-79-73(77)78)63(100)88-52(35-114(110,111)112)65(102)91-60-40(6)113-72(109)51(32-56(76)96)83-57(97)34-81-62(99)48(29-41-15-9-8-10-16-41)85-66(103)53(25-26-55(75)95)92(7)71(60)108;/h8-12,15-18,21-24,33,36-40,47-54,58-60,80H,13-14,19-20,25-32,34-35H2,1-7H3,(H2,75,95)(H2,76,96)(H,81,99)(H,82,94)(H,83,97)(H,84,101)(H,85,103)(H,86,105)(H,87,98)(H,88,100)(H,89,104)(H,90,106)(H,91,102)(H4,77,78,79)(H,110,111,112);/q;+1/p-1/t39-,40-,47+,48-,49-,50+,51+,52-,53+,54+,58+,59-,60+;/m1./s1. The van der Waals surface area contributed by atoms with Gasteiger partial charge in [-0.05, 0) is 92.7 Å². The van der Waals surface area contributed by atoms with Crippen LogP contribution in [0, 0.1) is 17.2 Å². The van der Waals surface area contributed by atoms with Gasteiger partial charge in [-0.3, -0.25) is 77.3 Å². The van der Waals surface area contributed by atoms with Crippen LogP contribution in [0.5, 0.6) is 0 Å². The van der Waals surface area contributed by atoms with Gasteiger partial charge in [0.25, 0.3) is 0 Å². The van der Waals surface area contributed by atoms with Gasteiger partial charge in [0, 0.05) is 67.4 Å². The minimum Gasteiger partial charge on any atom is -0.748 e. The summed E-state index contributed by atoms with van der Waals surface area (Å²) in [4.78, 5) is 229. The van der Waals surface area contributed by atoms with Crippen LogP contribution in [0.2, 0.25) is 0 Å². The van der Waals surface area contributed by atoms with Crippen LogP contribution >= 0.6 is 15.9 Å². The molecule has 0 radical (unpaired) electrons. The number of esters is 1. The number of aromatic nitrogens is 1. The molecule has 20 N–H and O–H groups in total. The first-order chi connectivity index (χ1) is 53.7. The smallest absolute Gasteiger partial charge is 0.748 e. The zero-order valence-electron chi connectivity index (χ0n) is 64.8. The van der Waals surface area contributed by atoms with Gasteiger partial charge in [-0.25, -0.2) is 13.2 Å². The Morgan fingerprint density at radius 2 is 1.32 bits per heavy atom. The topological polar surface area (TPSA) is 608 Å². The average Bonchev–Trinajstić information content (AvgIpc) is 1.79. The number of likely N-dealkylation sites (tertiary alicyclic amines) is 1. The SMILES string of the molecule is CC(C)[C@H](NC(=O)[C@H](NC(=O)[C@@H]1CCCN1C(=O)[C@H](Cc1ccc(Br)cc1)NC(=O)[C@@H](C)NC=O)C(C)C)C(=O)N[C@H](Cc1c[nH]c2ccccc12)C(=O)N[C@@H](CCCNC(=N)N)C(=O)N[C@H](CS(=O)(=O)[O-])C(=O)N[C@@H]1C(=O)N(C)[C@@H](CCC(N)=O)C(=O)N[C@H](Cc2ccccc2)C(=O)NCC(=O)N[C@@H](CC(N)=O)C(=O)O[C@@H]1C.[Na+]. The summed E-state index contributed by atoms with van der Waals surface area (Å²) in [6.07, 6.45) is -2.97. The second-order valence-corrected chi connectivity index (χ2v) is 30.7. The van der Waals surface area contributed by atoms with Gasteiger partial charge in [0.1, 0.15) is 78.6 Å². The number of nitrogens with one attached hydrogen (secondary N) is 14. The van der Waals surface area contributed by atoms with Crippen molar-refractivity contribution in [3.8, 4) is 0 Å². The Labute approximate surface area is 693 Å². The molecule has 13 atom stereocenters. The van der Waals surface area contributed by atoms with Gasteiger partial charge in [0.15, 0.2) is 5.96 Å². The number of H-pyrrole nitrogens is 1. The molecular weight excluding hydrogens is 1600 g/mol. The number of carbonyl (C=O) groups is 16. The fourth-order valence-electron chi connectivity index (χ4n) is 12.7. The summed E-state index contributed by atoms with van der Waals surface area (Å²) in [7, 11) is -4.66. The minimum absolute atomic E-state index is 0. The van der Waals surface area contributed by atoms with Crippen LogP contribution < -0.4 is 111 Å². The number of rotatable bonds is 36. The number of cyclic esters (lactones) is 1. The van der Waals surface area contributed by atoms with E-state index in [2.05, 4.69) is 84.7 Å². The van der Waals surface area contributed by atoms with Gasteiger partial charge in [0.05, 0.1) is 28.8 Å². The number of guanidine groups is 1. The van der Waals surface area contributed by atoms with Gasteiger partial charge in [0.2, 0.25) is 89.1 Å². The van der Waals surface area contributed by atoms with Gasteiger partial charge in [-0.2, -0.15) is 0 Å². The van der Waals surface area contributed by atoms with Crippen LogP contribution in [0.1, 0.15) is 103 Å². The molecule has 2 aliphatic rings. The number of likely N-dealkylation sites (N-methyl/N-ethyl adjacent to an activating group) is 1. The van der Waals surface area contributed by atoms with Crippen LogP contribution in [0.25, 0.3) is 10.9 Å². The number of primary amides is 2. The number of aromatic amines is 1. The van der Waals surface area contributed by atoms with E-state index in [9.17, 15) is 80.1 Å². The molecule has 15 amide bonds. The molecule has 115 heavy (non-hydrogen) atoms. The van der Waals surface area contributed by atoms with E-state index < -0.39 is 233 Å². The van der Waals surface area contributed by atoms with Crippen molar-refractivity contribution >= 4 is 138 Å². The fourth-order valence-corrected chi connectivity index (χ4v) is 13.6. The molecule has 4 aromatic rings. The Bertz CT molecular complexity index is 4310. The molecule has 0 spiro atoms. The molecule has 6 rings (SSSR count). The summed E-state index contributed by atoms with van der Waals surface area (Å²) >= 11 is 3.38. The number of fused-ring (bicyclic) bond motifs is 1. The molecule has 0 aliphatic carbocycles. The molecule has 620 valence electrons. The zero-order chi connectivity index (χ0) is 84.4. The monoisotopic (exact) mass is 1700 g/mol. The van der Waals surface area contributed by atoms with Gasteiger partial charge in [-0.1, -0.05) is 104 Å². The Hall–Kier alpha value is -10.6. The normalized spacial score (nSPS) is 19.5. The molecular formula is C73H99BrN19NaO20S. The number of nitrogens with zero attached hydrogens (tertiary/aromatic N) is 2. The molecule has 2 saturated heterocycles. The number of nitrogens with two attached hydrogens (primary N) is 3. The summed E-state index contributed by atoms with van der Waals surface area (Å²) < 4.78 is 44.9. The molecule has 0 saturated carbocycles. The number of amides is 15. The molecule has 0 bridgehead atoms. The number of benzene rings is 3. The van der Waals surface area contributed by atoms with E-state index in [0.717, 1.165) is 18.4 Å². The van der Waals surface area contributed by atoms with Gasteiger partial charge >= 0.3 is 35.5 Å². The van der Waals surface area contributed by atoms with E-state index in [1.54, 1.807) is 107 Å². The number of hydrogen-bond donors (Lipinski definition) is 17. The first kappa shape index (κ1) is 95.0. The maximum absolute atomic E-state index is 15.2. The molecule has 42 heteroatoms. The number of ether oxygens (including phenoxy) is 1. The van der Waals surface area contributed by atoms with E-state index in [4.69, 9.17) is 27.3 Å². The quantitative estimate of drug-likeness (QED) is 0.00383. The summed E-state index contributed by atoms with van der Waals surface area (Å²) in [5.41, 5.74) is 18.6. The van der Waals surface area contributed by atoms with Crippen LogP contribution in [0.4, 0.5) is 0 Å². The van der Waals surface area contributed by atoms with E-state index in [-0.39, 0.29) is 74.8 Å². The first-order valence-electron chi connectivity index (χ1n) is 36.6. The first-order valence-corrected chi connectivity index (χ1v) is 39.0. The fraction of sp³-hybridized carbons (Fsp3) is 0.493. The summed E-state index contributed by atoms with van der Waals surface area (Å²) in [6, 6.07) is 1.88. The van der Waals surface area contributed by atoms with Crippen LogP contribution in [-0.4, -0.2) is 240 Å². The van der Waals surface area contributed by atoms with E-state index >= 15 is 9.59 Å². The minimum atomic E-state index is -5.65. The molecule has 0 unspecified atom stereocenters. The van der Waals surface area contributed by atoms with Crippen molar-refractivity contribution in [2.75, 3.05) is 32.4 Å². The maximum atomic E-state index is 15.2. The zero-order valence-corrected chi connectivity index (χ0v) is 69.2. The Balaban J connectivity index is 0.0000236. The van der Waals surface area contributed by atoms with E-state index in [1.165, 1.54) is 18.0 Å². The van der Waals surface area contributed by atoms with Crippen LogP contribution in [-0.2, 0) is 111 Å². The number of carbonyl (C=O) groups excluding carboxylic acids is 16. The number of hydrogen-bond acceptors (Lipinski definition) is 21. The van der Waals surface area contributed by atoms with Crippen molar-refractivity contribution in [1.82, 2.24) is 78.6 Å². The predicted molar refractivity (Wildman–Crippen MR) is 412 cm³/mol. The number of halogens is 1. The maximum Gasteiger partial charge on any atom is 1.00 e. The van der Waals surface area contributed by atoms with Crippen LogP contribution in [0.15, 0.2) is 89.5 Å². The van der Waals surface area contributed by atoms with Crippen molar-refractivity contribution in [3.63, 3.8) is 0 Å². The average molecular weight is 1700 g/mol. The molecule has 2 aliphatic heterocycles.